The predicted octanol–water partition coefficient (Wildman–Crippen LogP) is 1.88. The minimum atomic E-state index is -3.06. The number of hydrogen-bond donors (Lipinski definition) is 0. The van der Waals surface area contributed by atoms with Crippen molar-refractivity contribution in [2.24, 2.45) is 0 Å². The highest BCUT2D eigenvalue weighted by Gasteiger charge is 2.37. The molecule has 116 valence electrons. The fourth-order valence-electron chi connectivity index (χ4n) is 2.78. The van der Waals surface area contributed by atoms with Gasteiger partial charge in [0.05, 0.1) is 17.4 Å². The summed E-state index contributed by atoms with van der Waals surface area (Å²) in [6.45, 7) is 7.82. The molecule has 0 aliphatic carbocycles. The fourth-order valence-corrected chi connectivity index (χ4v) is 4.35. The first-order chi connectivity index (χ1) is 9.72. The Labute approximate surface area is 127 Å². The first kappa shape index (κ1) is 16.0. The lowest BCUT2D eigenvalue weighted by atomic mass is 10.0. The zero-order chi connectivity index (χ0) is 15.8. The maximum atomic E-state index is 12.5. The van der Waals surface area contributed by atoms with Gasteiger partial charge in [-0.3, -0.25) is 4.79 Å². The number of benzene rings is 1. The van der Waals surface area contributed by atoms with E-state index in [2.05, 4.69) is 0 Å². The van der Waals surface area contributed by atoms with Gasteiger partial charge in [-0.25, -0.2) is 8.42 Å². The van der Waals surface area contributed by atoms with E-state index in [0.29, 0.717) is 13.0 Å². The smallest absolute Gasteiger partial charge is 0.227 e. The lowest BCUT2D eigenvalue weighted by Crippen LogP contribution is -2.54. The fraction of sp³-hybridized carbons (Fsp3) is 0.562. The summed E-state index contributed by atoms with van der Waals surface area (Å²) in [5.74, 6) is 0.0785. The maximum Gasteiger partial charge on any atom is 0.227 e. The van der Waals surface area contributed by atoms with Gasteiger partial charge in [0, 0.05) is 12.6 Å². The SMILES string of the molecule is Cc1ccc(C)c(CC(=O)N2CCS(=O)(=O)[C@H](C)[C@@H]2C)c1. The summed E-state index contributed by atoms with van der Waals surface area (Å²) in [7, 11) is -3.06. The quantitative estimate of drug-likeness (QED) is 0.838. The maximum absolute atomic E-state index is 12.5. The van der Waals surface area contributed by atoms with E-state index in [1.54, 1.807) is 11.8 Å². The Kier molecular flexibility index (Phi) is 4.42. The third-order valence-electron chi connectivity index (χ3n) is 4.52. The molecule has 5 heteroatoms. The van der Waals surface area contributed by atoms with E-state index in [-0.39, 0.29) is 17.7 Å². The number of carbonyl (C=O) groups excluding carboxylic acids is 1. The van der Waals surface area contributed by atoms with Gasteiger partial charge in [0.15, 0.2) is 9.84 Å². The van der Waals surface area contributed by atoms with Crippen LogP contribution in [0.2, 0.25) is 0 Å². The molecule has 2 atom stereocenters. The molecule has 1 fully saturated rings. The van der Waals surface area contributed by atoms with Crippen molar-refractivity contribution in [2.75, 3.05) is 12.3 Å². The normalized spacial score (nSPS) is 24.9. The second-order valence-electron chi connectivity index (χ2n) is 6.01. The molecule has 2 rings (SSSR count). The minimum absolute atomic E-state index is 0.0120. The van der Waals surface area contributed by atoms with Gasteiger partial charge < -0.3 is 4.90 Å². The molecular formula is C16H23NO3S. The van der Waals surface area contributed by atoms with Crippen LogP contribution < -0.4 is 0 Å². The van der Waals surface area contributed by atoms with Crippen LogP contribution in [-0.2, 0) is 21.1 Å². The zero-order valence-electron chi connectivity index (χ0n) is 13.1. The highest BCUT2D eigenvalue weighted by Crippen LogP contribution is 2.21. The molecule has 1 amide bonds. The number of aryl methyl sites for hydroxylation is 2. The summed E-state index contributed by atoms with van der Waals surface area (Å²) in [6.07, 6.45) is 0.338. The minimum Gasteiger partial charge on any atom is -0.337 e. The summed E-state index contributed by atoms with van der Waals surface area (Å²) in [5.41, 5.74) is 3.25. The summed E-state index contributed by atoms with van der Waals surface area (Å²) >= 11 is 0. The molecule has 0 saturated carbocycles. The highest BCUT2D eigenvalue weighted by atomic mass is 32.2. The average molecular weight is 309 g/mol. The summed E-state index contributed by atoms with van der Waals surface area (Å²) in [4.78, 5) is 14.2. The van der Waals surface area contributed by atoms with Gasteiger partial charge in [0.25, 0.3) is 0 Å². The van der Waals surface area contributed by atoms with Gasteiger partial charge >= 0.3 is 0 Å². The zero-order valence-corrected chi connectivity index (χ0v) is 13.9. The van der Waals surface area contributed by atoms with E-state index in [1.807, 2.05) is 39.0 Å². The molecule has 4 nitrogen and oxygen atoms in total. The van der Waals surface area contributed by atoms with Gasteiger partial charge in [-0.15, -0.1) is 0 Å². The Morgan fingerprint density at radius 3 is 2.62 bits per heavy atom. The molecule has 0 radical (unpaired) electrons. The topological polar surface area (TPSA) is 54.5 Å². The Hall–Kier alpha value is -1.36. The van der Waals surface area contributed by atoms with E-state index >= 15 is 0 Å². The van der Waals surface area contributed by atoms with Crippen LogP contribution in [0.3, 0.4) is 0 Å². The number of nitrogens with zero attached hydrogens (tertiary/aromatic N) is 1. The predicted molar refractivity (Wildman–Crippen MR) is 84.0 cm³/mol. The molecular weight excluding hydrogens is 286 g/mol. The van der Waals surface area contributed by atoms with Crippen LogP contribution in [0.4, 0.5) is 0 Å². The van der Waals surface area contributed by atoms with Crippen LogP contribution in [0.15, 0.2) is 18.2 Å². The second kappa shape index (κ2) is 5.79. The van der Waals surface area contributed by atoms with Crippen molar-refractivity contribution in [3.05, 3.63) is 34.9 Å². The first-order valence-electron chi connectivity index (χ1n) is 7.29. The third kappa shape index (κ3) is 3.28. The summed E-state index contributed by atoms with van der Waals surface area (Å²) < 4.78 is 23.8. The molecule has 1 aromatic carbocycles. The van der Waals surface area contributed by atoms with Crippen molar-refractivity contribution in [1.29, 1.82) is 0 Å². The van der Waals surface area contributed by atoms with E-state index in [4.69, 9.17) is 0 Å². The standard InChI is InChI=1S/C16H23NO3S/c1-11-5-6-12(2)15(9-11)10-16(18)17-7-8-21(19,20)14(4)13(17)3/h5-6,9,13-14H,7-8,10H2,1-4H3/t13-,14+/m0/s1. The van der Waals surface area contributed by atoms with Crippen LogP contribution in [0.25, 0.3) is 0 Å². The lowest BCUT2D eigenvalue weighted by Gasteiger charge is -2.37. The summed E-state index contributed by atoms with van der Waals surface area (Å²) in [5, 5.41) is -0.492. The number of rotatable bonds is 2. The number of carbonyl (C=O) groups is 1. The molecule has 1 aliphatic heterocycles. The molecule has 1 saturated heterocycles. The Bertz CT molecular complexity index is 651. The van der Waals surface area contributed by atoms with Crippen molar-refractivity contribution in [3.8, 4) is 0 Å². The summed E-state index contributed by atoms with van der Waals surface area (Å²) in [6, 6.07) is 5.81. The van der Waals surface area contributed by atoms with Crippen LogP contribution in [-0.4, -0.2) is 42.8 Å². The molecule has 0 aromatic heterocycles. The van der Waals surface area contributed by atoms with Gasteiger partial charge in [0.2, 0.25) is 5.91 Å². The van der Waals surface area contributed by atoms with Gasteiger partial charge in [-0.1, -0.05) is 23.8 Å². The monoisotopic (exact) mass is 309 g/mol. The lowest BCUT2D eigenvalue weighted by molar-refractivity contribution is -0.132. The van der Waals surface area contributed by atoms with Crippen molar-refractivity contribution in [1.82, 2.24) is 4.90 Å². The van der Waals surface area contributed by atoms with Crippen molar-refractivity contribution in [3.63, 3.8) is 0 Å². The van der Waals surface area contributed by atoms with Gasteiger partial charge in [-0.2, -0.15) is 0 Å². The molecule has 1 heterocycles. The number of hydrogen-bond acceptors (Lipinski definition) is 3. The highest BCUT2D eigenvalue weighted by molar-refractivity contribution is 7.92. The second-order valence-corrected chi connectivity index (χ2v) is 8.48. The molecule has 0 spiro atoms. The largest absolute Gasteiger partial charge is 0.337 e. The van der Waals surface area contributed by atoms with Crippen molar-refractivity contribution >= 4 is 15.7 Å². The molecule has 1 aromatic rings. The van der Waals surface area contributed by atoms with E-state index in [1.165, 1.54) is 0 Å². The first-order valence-corrected chi connectivity index (χ1v) is 9.01. The van der Waals surface area contributed by atoms with E-state index < -0.39 is 15.1 Å². The third-order valence-corrected chi connectivity index (χ3v) is 6.80. The number of sulfone groups is 1. The Morgan fingerprint density at radius 2 is 1.95 bits per heavy atom. The van der Waals surface area contributed by atoms with Crippen LogP contribution in [0.5, 0.6) is 0 Å². The van der Waals surface area contributed by atoms with E-state index in [9.17, 15) is 13.2 Å². The van der Waals surface area contributed by atoms with Crippen LogP contribution in [0.1, 0.15) is 30.5 Å². The molecule has 0 bridgehead atoms. The van der Waals surface area contributed by atoms with Crippen LogP contribution in [0, 0.1) is 13.8 Å². The molecule has 0 N–H and O–H groups in total. The van der Waals surface area contributed by atoms with Gasteiger partial charge in [0.1, 0.15) is 0 Å². The van der Waals surface area contributed by atoms with Crippen molar-refractivity contribution < 1.29 is 13.2 Å². The van der Waals surface area contributed by atoms with Gasteiger partial charge in [-0.05, 0) is 38.8 Å². The Morgan fingerprint density at radius 1 is 1.29 bits per heavy atom. The average Bonchev–Trinajstić information content (AvgIpc) is 2.40. The Balaban J connectivity index is 2.16. The molecule has 0 unspecified atom stereocenters. The number of amides is 1. The van der Waals surface area contributed by atoms with Crippen molar-refractivity contribution in [2.45, 2.75) is 45.4 Å². The molecule has 21 heavy (non-hydrogen) atoms. The molecule has 1 aliphatic rings. The van der Waals surface area contributed by atoms with Crippen LogP contribution >= 0.6 is 0 Å². The van der Waals surface area contributed by atoms with E-state index in [0.717, 1.165) is 16.7 Å².